The van der Waals surface area contributed by atoms with Gasteiger partial charge in [0.05, 0.1) is 18.2 Å². The summed E-state index contributed by atoms with van der Waals surface area (Å²) in [6.45, 7) is 4.29. The van der Waals surface area contributed by atoms with Gasteiger partial charge in [-0.1, -0.05) is 48.0 Å². The van der Waals surface area contributed by atoms with Crippen molar-refractivity contribution < 1.29 is 40.7 Å². The van der Waals surface area contributed by atoms with E-state index in [4.69, 9.17) is 4.74 Å². The normalized spacial score (nSPS) is 14.4. The van der Waals surface area contributed by atoms with Crippen molar-refractivity contribution >= 4 is 23.7 Å². The van der Waals surface area contributed by atoms with Crippen LogP contribution in [0.1, 0.15) is 32.6 Å². The average molecular weight is 649 g/mol. The molecule has 4 rings (SSSR count). The first-order valence-electron chi connectivity index (χ1n) is 14.5. The number of para-hydroxylation sites is 1. The SMILES string of the molecule is COc1ccccc1C=CCN(CCN1CCN(C(=O)Nc2cc(C(F)(F)F)cc(C(F)(F)F)c2)CC1)C(=O)c1ccc(C)cc1. The Kier molecular flexibility index (Phi) is 11.0. The minimum absolute atomic E-state index is 0.00953. The summed E-state index contributed by atoms with van der Waals surface area (Å²) in [6.07, 6.45) is -6.28. The monoisotopic (exact) mass is 648 g/mol. The first kappa shape index (κ1) is 34.4. The highest BCUT2D eigenvalue weighted by Gasteiger charge is 2.37. The highest BCUT2D eigenvalue weighted by molar-refractivity contribution is 5.94. The summed E-state index contributed by atoms with van der Waals surface area (Å²) in [5.41, 5.74) is -1.19. The zero-order chi connectivity index (χ0) is 33.5. The van der Waals surface area contributed by atoms with E-state index >= 15 is 0 Å². The van der Waals surface area contributed by atoms with Crippen LogP contribution in [-0.2, 0) is 12.4 Å². The predicted molar refractivity (Wildman–Crippen MR) is 163 cm³/mol. The molecule has 13 heteroatoms. The Morgan fingerprint density at radius 3 is 2.09 bits per heavy atom. The van der Waals surface area contributed by atoms with E-state index in [9.17, 15) is 35.9 Å². The number of benzene rings is 3. The maximum absolute atomic E-state index is 13.4. The van der Waals surface area contributed by atoms with Gasteiger partial charge in [0.15, 0.2) is 0 Å². The molecule has 1 aliphatic heterocycles. The molecule has 0 aliphatic carbocycles. The molecule has 46 heavy (non-hydrogen) atoms. The number of piperazine rings is 1. The molecule has 0 saturated carbocycles. The fourth-order valence-corrected chi connectivity index (χ4v) is 4.93. The van der Waals surface area contributed by atoms with Gasteiger partial charge in [-0.15, -0.1) is 0 Å². The van der Waals surface area contributed by atoms with Gasteiger partial charge in [-0.25, -0.2) is 4.79 Å². The van der Waals surface area contributed by atoms with Crippen LogP contribution >= 0.6 is 0 Å². The van der Waals surface area contributed by atoms with E-state index < -0.39 is 35.2 Å². The Morgan fingerprint density at radius 2 is 1.50 bits per heavy atom. The van der Waals surface area contributed by atoms with Crippen LogP contribution < -0.4 is 10.1 Å². The zero-order valence-electron chi connectivity index (χ0n) is 25.3. The number of nitrogens with zero attached hydrogens (tertiary/aromatic N) is 3. The van der Waals surface area contributed by atoms with Crippen LogP contribution in [0.2, 0.25) is 0 Å². The van der Waals surface area contributed by atoms with Crippen molar-refractivity contribution in [1.29, 1.82) is 0 Å². The number of urea groups is 1. The quantitative estimate of drug-likeness (QED) is 0.253. The second kappa shape index (κ2) is 14.7. The molecule has 246 valence electrons. The lowest BCUT2D eigenvalue weighted by Crippen LogP contribution is -2.51. The number of carbonyl (C=O) groups is 2. The molecule has 0 unspecified atom stereocenters. The lowest BCUT2D eigenvalue weighted by atomic mass is 10.1. The number of aryl methyl sites for hydroxylation is 1. The maximum atomic E-state index is 13.4. The van der Waals surface area contributed by atoms with E-state index in [-0.39, 0.29) is 25.1 Å². The van der Waals surface area contributed by atoms with Gasteiger partial charge in [0, 0.05) is 62.6 Å². The number of amides is 3. The topological polar surface area (TPSA) is 65.1 Å². The predicted octanol–water partition coefficient (Wildman–Crippen LogP) is 7.05. The Balaban J connectivity index is 1.37. The third-order valence-corrected chi connectivity index (χ3v) is 7.53. The largest absolute Gasteiger partial charge is 0.496 e. The standard InChI is InChI=1S/C33H34F6N4O3/c1-23-9-11-25(12-10-23)30(44)42(13-5-7-24-6-3-4-8-29(24)46-2)17-14-41-15-18-43(19-16-41)31(45)40-28-21-26(32(34,35)36)20-27(22-28)33(37,38)39/h3-12,20-22H,13-19H2,1-2H3,(H,40,45). The number of anilines is 1. The van der Waals surface area contributed by atoms with Crippen LogP contribution in [0.15, 0.2) is 72.8 Å². The van der Waals surface area contributed by atoms with Crippen LogP contribution in [0.4, 0.5) is 36.8 Å². The first-order valence-corrected chi connectivity index (χ1v) is 14.5. The zero-order valence-corrected chi connectivity index (χ0v) is 25.3. The van der Waals surface area contributed by atoms with Gasteiger partial charge in [-0.2, -0.15) is 26.3 Å². The molecule has 3 aromatic carbocycles. The molecule has 1 heterocycles. The van der Waals surface area contributed by atoms with Gasteiger partial charge in [-0.05, 0) is 43.3 Å². The number of ether oxygens (including phenoxy) is 1. The summed E-state index contributed by atoms with van der Waals surface area (Å²) < 4.78 is 84.7. The first-order chi connectivity index (χ1) is 21.7. The minimum atomic E-state index is -5.02. The molecule has 3 aromatic rings. The lowest BCUT2D eigenvalue weighted by molar-refractivity contribution is -0.143. The molecule has 1 N–H and O–H groups in total. The van der Waals surface area contributed by atoms with Crippen molar-refractivity contribution in [3.63, 3.8) is 0 Å². The van der Waals surface area contributed by atoms with Gasteiger partial charge >= 0.3 is 18.4 Å². The molecule has 0 bridgehead atoms. The molecular weight excluding hydrogens is 614 g/mol. The van der Waals surface area contributed by atoms with E-state index in [1.54, 1.807) is 24.1 Å². The van der Waals surface area contributed by atoms with Crippen molar-refractivity contribution in [2.75, 3.05) is 58.2 Å². The van der Waals surface area contributed by atoms with E-state index in [0.717, 1.165) is 11.1 Å². The van der Waals surface area contributed by atoms with Crippen molar-refractivity contribution in [3.05, 3.63) is 101 Å². The average Bonchev–Trinajstić information content (AvgIpc) is 3.02. The molecular formula is C33H34F6N4O3. The third kappa shape index (κ3) is 9.25. The summed E-state index contributed by atoms with van der Waals surface area (Å²) in [4.78, 5) is 31.3. The number of hydrogen-bond acceptors (Lipinski definition) is 4. The smallest absolute Gasteiger partial charge is 0.416 e. The van der Waals surface area contributed by atoms with E-state index in [1.165, 1.54) is 4.90 Å². The lowest BCUT2D eigenvalue weighted by Gasteiger charge is -2.35. The van der Waals surface area contributed by atoms with Gasteiger partial charge < -0.3 is 19.9 Å². The minimum Gasteiger partial charge on any atom is -0.496 e. The fourth-order valence-electron chi connectivity index (χ4n) is 4.93. The van der Waals surface area contributed by atoms with E-state index in [2.05, 4.69) is 5.32 Å². The van der Waals surface area contributed by atoms with Crippen molar-refractivity contribution in [3.8, 4) is 5.75 Å². The summed E-state index contributed by atoms with van der Waals surface area (Å²) in [5, 5.41) is 2.18. The molecule has 0 radical (unpaired) electrons. The number of hydrogen-bond donors (Lipinski definition) is 1. The van der Waals surface area contributed by atoms with Crippen LogP contribution in [0.5, 0.6) is 5.75 Å². The highest BCUT2D eigenvalue weighted by atomic mass is 19.4. The van der Waals surface area contributed by atoms with Gasteiger partial charge in [0.1, 0.15) is 5.75 Å². The van der Waals surface area contributed by atoms with E-state index in [1.807, 2.05) is 60.4 Å². The van der Waals surface area contributed by atoms with Crippen LogP contribution in [0.25, 0.3) is 6.08 Å². The Labute approximate surface area is 263 Å². The Morgan fingerprint density at radius 1 is 0.891 bits per heavy atom. The number of alkyl halides is 6. The summed E-state index contributed by atoms with van der Waals surface area (Å²) in [5.74, 6) is 0.549. The van der Waals surface area contributed by atoms with Crippen LogP contribution in [0.3, 0.4) is 0 Å². The number of rotatable bonds is 9. The third-order valence-electron chi connectivity index (χ3n) is 7.53. The van der Waals surface area contributed by atoms with E-state index in [0.29, 0.717) is 56.2 Å². The molecule has 1 fully saturated rings. The Bertz CT molecular complexity index is 1500. The fraction of sp³-hybridized carbons (Fsp3) is 0.333. The Hall–Kier alpha value is -4.52. The molecule has 0 aromatic heterocycles. The van der Waals surface area contributed by atoms with Crippen molar-refractivity contribution in [2.24, 2.45) is 0 Å². The van der Waals surface area contributed by atoms with Gasteiger partial charge in [-0.3, -0.25) is 9.69 Å². The van der Waals surface area contributed by atoms with Crippen LogP contribution in [0, 0.1) is 6.92 Å². The summed E-state index contributed by atoms with van der Waals surface area (Å²) in [7, 11) is 1.58. The van der Waals surface area contributed by atoms with Crippen molar-refractivity contribution in [2.45, 2.75) is 19.3 Å². The molecule has 7 nitrogen and oxygen atoms in total. The van der Waals surface area contributed by atoms with Crippen LogP contribution in [-0.4, -0.2) is 79.6 Å². The van der Waals surface area contributed by atoms with Crippen molar-refractivity contribution in [1.82, 2.24) is 14.7 Å². The molecule has 1 aliphatic rings. The van der Waals surface area contributed by atoms with Gasteiger partial charge in [0.25, 0.3) is 5.91 Å². The highest BCUT2D eigenvalue weighted by Crippen LogP contribution is 2.37. The molecule has 3 amide bonds. The number of halogens is 6. The molecule has 0 atom stereocenters. The summed E-state index contributed by atoms with van der Waals surface area (Å²) in [6, 6.07) is 14.9. The number of carbonyl (C=O) groups excluding carboxylic acids is 2. The van der Waals surface area contributed by atoms with Gasteiger partial charge in [0.2, 0.25) is 0 Å². The second-order valence-corrected chi connectivity index (χ2v) is 10.8. The summed E-state index contributed by atoms with van der Waals surface area (Å²) >= 11 is 0. The molecule has 0 spiro atoms. The second-order valence-electron chi connectivity index (χ2n) is 10.8. The number of nitrogens with one attached hydrogen (secondary N) is 1. The number of methoxy groups -OCH3 is 1. The maximum Gasteiger partial charge on any atom is 0.416 e. The molecule has 1 saturated heterocycles.